The fraction of sp³-hybridized carbons (Fsp3) is 0.250. The molecule has 4 nitrogen and oxygen atoms in total. The number of hydrogen-bond donors (Lipinski definition) is 0. The zero-order chi connectivity index (χ0) is 14.2. The Labute approximate surface area is 121 Å². The third-order valence-electron chi connectivity index (χ3n) is 2.84. The zero-order valence-electron chi connectivity index (χ0n) is 10.4. The fourth-order valence-corrected chi connectivity index (χ4v) is 3.69. The number of benzene rings is 1. The van der Waals surface area contributed by atoms with Gasteiger partial charge in [0.1, 0.15) is 4.90 Å². The zero-order valence-corrected chi connectivity index (χ0v) is 12.7. The molecule has 102 valence electrons. The van der Waals surface area contributed by atoms with Crippen molar-refractivity contribution in [3.63, 3.8) is 0 Å². The van der Waals surface area contributed by atoms with Crippen LogP contribution >= 0.6 is 22.3 Å². The lowest BCUT2D eigenvalue weighted by Crippen LogP contribution is -2.05. The summed E-state index contributed by atoms with van der Waals surface area (Å²) in [4.78, 5) is 0.0706. The molecule has 0 aliphatic rings. The van der Waals surface area contributed by atoms with Gasteiger partial charge >= 0.3 is 0 Å². The highest BCUT2D eigenvalue weighted by molar-refractivity contribution is 8.13. The summed E-state index contributed by atoms with van der Waals surface area (Å²) in [5.74, 6) is 0. The van der Waals surface area contributed by atoms with Crippen LogP contribution in [0.25, 0.3) is 0 Å². The van der Waals surface area contributed by atoms with Crippen molar-refractivity contribution in [2.45, 2.75) is 25.3 Å². The maximum Gasteiger partial charge on any atom is 0.264 e. The summed E-state index contributed by atoms with van der Waals surface area (Å²) in [7, 11) is 1.62. The van der Waals surface area contributed by atoms with E-state index in [2.05, 4.69) is 5.10 Å². The minimum atomic E-state index is -3.79. The second-order valence-electron chi connectivity index (χ2n) is 4.19. The number of halogens is 2. The summed E-state index contributed by atoms with van der Waals surface area (Å²) in [5, 5.41) is 4.82. The van der Waals surface area contributed by atoms with Gasteiger partial charge in [0.15, 0.2) is 0 Å². The molecule has 2 aromatic rings. The van der Waals surface area contributed by atoms with Gasteiger partial charge in [-0.15, -0.1) is 0 Å². The molecule has 0 aliphatic carbocycles. The Morgan fingerprint density at radius 2 is 1.89 bits per heavy atom. The molecule has 2 rings (SSSR count). The minimum absolute atomic E-state index is 0.0706. The lowest BCUT2D eigenvalue weighted by atomic mass is 10.2. The standard InChI is InChI=1S/C12H12Cl2N2O2S/c1-8-12(19(14,17)18)9(2)16(15-8)7-10-5-3-4-6-11(10)13/h3-6H,7H2,1-2H3. The number of rotatable bonds is 3. The van der Waals surface area contributed by atoms with Crippen molar-refractivity contribution in [3.05, 3.63) is 46.2 Å². The number of nitrogens with zero attached hydrogens (tertiary/aromatic N) is 2. The van der Waals surface area contributed by atoms with Crippen molar-refractivity contribution in [2.24, 2.45) is 0 Å². The van der Waals surface area contributed by atoms with Crippen LogP contribution < -0.4 is 0 Å². The monoisotopic (exact) mass is 318 g/mol. The molecule has 0 bridgehead atoms. The van der Waals surface area contributed by atoms with Gasteiger partial charge < -0.3 is 0 Å². The van der Waals surface area contributed by atoms with E-state index < -0.39 is 9.05 Å². The van der Waals surface area contributed by atoms with E-state index in [0.29, 0.717) is 23.0 Å². The average Bonchev–Trinajstić information content (AvgIpc) is 2.56. The lowest BCUT2D eigenvalue weighted by molar-refractivity contribution is 0.607. The SMILES string of the molecule is Cc1nn(Cc2ccccc2Cl)c(C)c1S(=O)(=O)Cl. The van der Waals surface area contributed by atoms with E-state index in [1.165, 1.54) is 0 Å². The molecule has 0 fully saturated rings. The van der Waals surface area contributed by atoms with Crippen LogP contribution in [0.4, 0.5) is 0 Å². The van der Waals surface area contributed by atoms with Crippen LogP contribution in [0, 0.1) is 13.8 Å². The Balaban J connectivity index is 2.47. The molecule has 0 N–H and O–H groups in total. The van der Waals surface area contributed by atoms with Gasteiger partial charge in [-0.3, -0.25) is 4.68 Å². The summed E-state index contributed by atoms with van der Waals surface area (Å²) in [6.45, 7) is 3.69. The highest BCUT2D eigenvalue weighted by Crippen LogP contribution is 2.24. The minimum Gasteiger partial charge on any atom is -0.264 e. The molecule has 7 heteroatoms. The van der Waals surface area contributed by atoms with Crippen molar-refractivity contribution >= 4 is 31.3 Å². The van der Waals surface area contributed by atoms with Gasteiger partial charge in [-0.05, 0) is 25.5 Å². The van der Waals surface area contributed by atoms with Gasteiger partial charge in [-0.25, -0.2) is 8.42 Å². The fourth-order valence-electron chi connectivity index (χ4n) is 1.98. The molecule has 1 heterocycles. The maximum atomic E-state index is 11.5. The van der Waals surface area contributed by atoms with E-state index in [1.807, 2.05) is 18.2 Å². The smallest absolute Gasteiger partial charge is 0.264 e. The van der Waals surface area contributed by atoms with E-state index >= 15 is 0 Å². The van der Waals surface area contributed by atoms with Gasteiger partial charge in [0.25, 0.3) is 9.05 Å². The third-order valence-corrected chi connectivity index (χ3v) is 4.75. The first-order valence-corrected chi connectivity index (χ1v) is 8.21. The Morgan fingerprint density at radius 1 is 1.26 bits per heavy atom. The van der Waals surface area contributed by atoms with E-state index in [4.69, 9.17) is 22.3 Å². The molecular formula is C12H12Cl2N2O2S. The molecule has 0 unspecified atom stereocenters. The summed E-state index contributed by atoms with van der Waals surface area (Å²) in [6.07, 6.45) is 0. The highest BCUT2D eigenvalue weighted by Gasteiger charge is 2.22. The van der Waals surface area contributed by atoms with Crippen LogP contribution in [-0.2, 0) is 15.6 Å². The van der Waals surface area contributed by atoms with Crippen molar-refractivity contribution < 1.29 is 8.42 Å². The van der Waals surface area contributed by atoms with Gasteiger partial charge in [-0.2, -0.15) is 5.10 Å². The molecule has 19 heavy (non-hydrogen) atoms. The molecular weight excluding hydrogens is 307 g/mol. The maximum absolute atomic E-state index is 11.5. The molecule has 1 aromatic carbocycles. The number of aromatic nitrogens is 2. The summed E-state index contributed by atoms with van der Waals surface area (Å²) < 4.78 is 24.6. The molecule has 0 atom stereocenters. The normalized spacial score (nSPS) is 11.8. The third kappa shape index (κ3) is 2.94. The Bertz CT molecular complexity index is 723. The Hall–Kier alpha value is -1.04. The van der Waals surface area contributed by atoms with Crippen molar-refractivity contribution in [3.8, 4) is 0 Å². The van der Waals surface area contributed by atoms with Crippen LogP contribution in [0.15, 0.2) is 29.2 Å². The molecule has 1 aromatic heterocycles. The van der Waals surface area contributed by atoms with Gasteiger partial charge in [0, 0.05) is 15.7 Å². The van der Waals surface area contributed by atoms with E-state index in [-0.39, 0.29) is 4.90 Å². The number of aryl methyl sites for hydroxylation is 1. The van der Waals surface area contributed by atoms with Crippen molar-refractivity contribution in [1.29, 1.82) is 0 Å². The summed E-state index contributed by atoms with van der Waals surface area (Å²) >= 11 is 6.08. The molecule has 0 radical (unpaired) electrons. The van der Waals surface area contributed by atoms with Crippen LogP contribution in [0.2, 0.25) is 5.02 Å². The largest absolute Gasteiger partial charge is 0.264 e. The molecule has 0 amide bonds. The molecule has 0 saturated carbocycles. The predicted octanol–water partition coefficient (Wildman–Crippen LogP) is 3.13. The van der Waals surface area contributed by atoms with Crippen LogP contribution in [0.1, 0.15) is 17.0 Å². The van der Waals surface area contributed by atoms with E-state index in [9.17, 15) is 8.42 Å². The van der Waals surface area contributed by atoms with Gasteiger partial charge in [0.05, 0.1) is 17.9 Å². The van der Waals surface area contributed by atoms with Crippen LogP contribution in [0.3, 0.4) is 0 Å². The second kappa shape index (κ2) is 5.15. The quantitative estimate of drug-likeness (QED) is 0.817. The highest BCUT2D eigenvalue weighted by atomic mass is 35.7. The Kier molecular flexibility index (Phi) is 3.90. The van der Waals surface area contributed by atoms with Gasteiger partial charge in [-0.1, -0.05) is 29.8 Å². The number of hydrogen-bond acceptors (Lipinski definition) is 3. The topological polar surface area (TPSA) is 52.0 Å². The lowest BCUT2D eigenvalue weighted by Gasteiger charge is -2.06. The second-order valence-corrected chi connectivity index (χ2v) is 7.10. The molecule has 0 spiro atoms. The molecule has 0 aliphatic heterocycles. The predicted molar refractivity (Wildman–Crippen MR) is 75.3 cm³/mol. The van der Waals surface area contributed by atoms with E-state index in [0.717, 1.165) is 5.56 Å². The average molecular weight is 319 g/mol. The first kappa shape index (κ1) is 14.4. The van der Waals surface area contributed by atoms with E-state index in [1.54, 1.807) is 24.6 Å². The summed E-state index contributed by atoms with van der Waals surface area (Å²) in [5.41, 5.74) is 1.76. The van der Waals surface area contributed by atoms with Crippen molar-refractivity contribution in [1.82, 2.24) is 9.78 Å². The van der Waals surface area contributed by atoms with Crippen LogP contribution in [0.5, 0.6) is 0 Å². The first-order chi connectivity index (χ1) is 8.80. The van der Waals surface area contributed by atoms with Crippen LogP contribution in [-0.4, -0.2) is 18.2 Å². The van der Waals surface area contributed by atoms with Crippen molar-refractivity contribution in [2.75, 3.05) is 0 Å². The summed E-state index contributed by atoms with van der Waals surface area (Å²) in [6, 6.07) is 7.35. The first-order valence-electron chi connectivity index (χ1n) is 5.53. The Morgan fingerprint density at radius 3 is 2.42 bits per heavy atom. The molecule has 0 saturated heterocycles. The van der Waals surface area contributed by atoms with Gasteiger partial charge in [0.2, 0.25) is 0 Å².